The first kappa shape index (κ1) is 19.3. The van der Waals surface area contributed by atoms with Gasteiger partial charge in [0, 0.05) is 37.5 Å². The largest absolute Gasteiger partial charge is 0.461 e. The Labute approximate surface area is 185 Å². The second kappa shape index (κ2) is 7.93. The van der Waals surface area contributed by atoms with Crippen LogP contribution in [0.3, 0.4) is 0 Å². The van der Waals surface area contributed by atoms with Gasteiger partial charge in [-0.05, 0) is 43.5 Å². The fourth-order valence-electron chi connectivity index (χ4n) is 5.11. The molecule has 2 fully saturated rings. The number of hydrogen-bond acceptors (Lipinski definition) is 6. The van der Waals surface area contributed by atoms with Crippen LogP contribution in [0.5, 0.6) is 0 Å². The number of carbonyl (C=O) groups excluding carboxylic acids is 1. The zero-order valence-corrected chi connectivity index (χ0v) is 18.0. The number of benzene rings is 1. The van der Waals surface area contributed by atoms with Crippen molar-refractivity contribution in [1.82, 2.24) is 24.5 Å². The van der Waals surface area contributed by atoms with E-state index in [0.717, 1.165) is 61.4 Å². The maximum absolute atomic E-state index is 13.0. The van der Waals surface area contributed by atoms with Crippen molar-refractivity contribution in [2.24, 2.45) is 5.92 Å². The Hall–Kier alpha value is -3.42. The molecule has 1 aliphatic carbocycles. The number of rotatable bonds is 3. The monoisotopic (exact) mass is 430 g/mol. The van der Waals surface area contributed by atoms with Gasteiger partial charge < -0.3 is 14.2 Å². The van der Waals surface area contributed by atoms with Gasteiger partial charge in [-0.3, -0.25) is 4.79 Å². The van der Waals surface area contributed by atoms with Gasteiger partial charge >= 0.3 is 0 Å². The Morgan fingerprint density at radius 1 is 0.938 bits per heavy atom. The number of amides is 1. The molecule has 0 spiro atoms. The molecule has 0 bridgehead atoms. The summed E-state index contributed by atoms with van der Waals surface area (Å²) in [6.07, 6.45) is 6.99. The molecule has 1 aromatic carbocycles. The molecular weight excluding hydrogens is 404 g/mol. The molecule has 0 N–H and O–H groups in total. The Morgan fingerprint density at radius 2 is 1.81 bits per heavy atom. The normalized spacial score (nSPS) is 18.0. The average molecular weight is 431 g/mol. The van der Waals surface area contributed by atoms with Crippen molar-refractivity contribution in [2.75, 3.05) is 31.1 Å². The molecule has 8 heteroatoms. The van der Waals surface area contributed by atoms with E-state index in [0.29, 0.717) is 24.0 Å². The summed E-state index contributed by atoms with van der Waals surface area (Å²) in [6.45, 7) is 3.07. The van der Waals surface area contributed by atoms with Crippen molar-refractivity contribution in [3.8, 4) is 11.6 Å². The lowest BCUT2D eigenvalue weighted by Gasteiger charge is -2.25. The second-order valence-corrected chi connectivity index (χ2v) is 8.74. The molecule has 8 nitrogen and oxygen atoms in total. The molecule has 4 aromatic rings. The SMILES string of the molecule is O=C(C1CCCC1)N1CCCN(c2nc3ccccc3c3nnc(-c4ccco4)n23)CC1. The molecule has 1 saturated heterocycles. The van der Waals surface area contributed by atoms with Crippen LogP contribution in [-0.2, 0) is 4.79 Å². The van der Waals surface area contributed by atoms with E-state index < -0.39 is 0 Å². The van der Waals surface area contributed by atoms with E-state index in [1.165, 1.54) is 12.8 Å². The van der Waals surface area contributed by atoms with E-state index in [1.807, 2.05) is 40.8 Å². The summed E-state index contributed by atoms with van der Waals surface area (Å²) in [5, 5.41) is 9.90. The molecule has 1 aliphatic heterocycles. The summed E-state index contributed by atoms with van der Waals surface area (Å²) >= 11 is 0. The first-order valence-corrected chi connectivity index (χ1v) is 11.5. The summed E-state index contributed by atoms with van der Waals surface area (Å²) in [5.74, 6) is 2.65. The number of anilines is 1. The Kier molecular flexibility index (Phi) is 4.78. The van der Waals surface area contributed by atoms with Crippen molar-refractivity contribution in [1.29, 1.82) is 0 Å². The van der Waals surface area contributed by atoms with Crippen LogP contribution >= 0.6 is 0 Å². The summed E-state index contributed by atoms with van der Waals surface area (Å²) in [4.78, 5) is 22.4. The van der Waals surface area contributed by atoms with E-state index in [4.69, 9.17) is 9.40 Å². The van der Waals surface area contributed by atoms with Crippen LogP contribution in [0.2, 0.25) is 0 Å². The first-order chi connectivity index (χ1) is 15.8. The van der Waals surface area contributed by atoms with Crippen LogP contribution in [0.4, 0.5) is 5.95 Å². The predicted octanol–water partition coefficient (Wildman–Crippen LogP) is 3.77. The third-order valence-electron chi connectivity index (χ3n) is 6.76. The Bertz CT molecular complexity index is 1260. The van der Waals surface area contributed by atoms with Crippen molar-refractivity contribution in [3.63, 3.8) is 0 Å². The fourth-order valence-corrected chi connectivity index (χ4v) is 5.11. The lowest BCUT2D eigenvalue weighted by Crippen LogP contribution is -2.38. The quantitative estimate of drug-likeness (QED) is 0.492. The van der Waals surface area contributed by atoms with Crippen LogP contribution in [0, 0.1) is 5.92 Å². The van der Waals surface area contributed by atoms with Gasteiger partial charge in [0.15, 0.2) is 11.4 Å². The number of nitrogens with zero attached hydrogens (tertiary/aromatic N) is 6. The van der Waals surface area contributed by atoms with Crippen molar-refractivity contribution in [2.45, 2.75) is 32.1 Å². The standard InChI is InChI=1S/C24H26N6O2/c31-23(17-7-1-2-8-17)28-12-6-13-29(15-14-28)24-25-19-10-4-3-9-18(19)21-26-27-22(30(21)24)20-11-5-16-32-20/h3-5,9-11,16-17H,1-2,6-8,12-15H2. The van der Waals surface area contributed by atoms with Gasteiger partial charge in [-0.25, -0.2) is 9.38 Å². The molecular formula is C24H26N6O2. The zero-order valence-electron chi connectivity index (χ0n) is 18.0. The van der Waals surface area contributed by atoms with Crippen molar-refractivity contribution < 1.29 is 9.21 Å². The summed E-state index contributed by atoms with van der Waals surface area (Å²) in [6, 6.07) is 11.7. The molecule has 2 aliphatic rings. The van der Waals surface area contributed by atoms with Gasteiger partial charge in [0.2, 0.25) is 17.7 Å². The Morgan fingerprint density at radius 3 is 2.66 bits per heavy atom. The zero-order chi connectivity index (χ0) is 21.5. The first-order valence-electron chi connectivity index (χ1n) is 11.5. The average Bonchev–Trinajstić information content (AvgIpc) is 3.57. The Balaban J connectivity index is 1.39. The van der Waals surface area contributed by atoms with Gasteiger partial charge in [-0.1, -0.05) is 25.0 Å². The van der Waals surface area contributed by atoms with Crippen LogP contribution in [0.15, 0.2) is 47.1 Å². The molecule has 0 atom stereocenters. The third-order valence-corrected chi connectivity index (χ3v) is 6.76. The number of fused-ring (bicyclic) bond motifs is 3. The number of hydrogen-bond donors (Lipinski definition) is 0. The number of para-hydroxylation sites is 1. The fraction of sp³-hybridized carbons (Fsp3) is 0.417. The van der Waals surface area contributed by atoms with Gasteiger partial charge in [-0.2, -0.15) is 0 Å². The van der Waals surface area contributed by atoms with Gasteiger partial charge in [-0.15, -0.1) is 10.2 Å². The lowest BCUT2D eigenvalue weighted by atomic mass is 10.1. The van der Waals surface area contributed by atoms with Crippen LogP contribution in [0.1, 0.15) is 32.1 Å². The van der Waals surface area contributed by atoms with E-state index >= 15 is 0 Å². The molecule has 0 radical (unpaired) electrons. The minimum atomic E-state index is 0.218. The van der Waals surface area contributed by atoms with Crippen LogP contribution < -0.4 is 4.90 Å². The third kappa shape index (κ3) is 3.21. The maximum Gasteiger partial charge on any atom is 0.225 e. The van der Waals surface area contributed by atoms with E-state index in [2.05, 4.69) is 20.0 Å². The smallest absolute Gasteiger partial charge is 0.225 e. The van der Waals surface area contributed by atoms with Crippen LogP contribution in [0.25, 0.3) is 28.1 Å². The minimum Gasteiger partial charge on any atom is -0.461 e. The molecule has 6 rings (SSSR count). The lowest BCUT2D eigenvalue weighted by molar-refractivity contribution is -0.135. The summed E-state index contributed by atoms with van der Waals surface area (Å²) < 4.78 is 7.64. The summed E-state index contributed by atoms with van der Waals surface area (Å²) in [7, 11) is 0. The van der Waals surface area contributed by atoms with Gasteiger partial charge in [0.05, 0.1) is 11.8 Å². The molecule has 164 valence electrons. The van der Waals surface area contributed by atoms with Crippen molar-refractivity contribution in [3.05, 3.63) is 42.7 Å². The summed E-state index contributed by atoms with van der Waals surface area (Å²) in [5.41, 5.74) is 1.65. The number of furan rings is 1. The molecule has 3 aromatic heterocycles. The highest BCUT2D eigenvalue weighted by Gasteiger charge is 2.29. The van der Waals surface area contributed by atoms with Crippen molar-refractivity contribution >= 4 is 28.4 Å². The molecule has 1 saturated carbocycles. The highest BCUT2D eigenvalue weighted by molar-refractivity contribution is 5.93. The minimum absolute atomic E-state index is 0.218. The molecule has 4 heterocycles. The molecule has 32 heavy (non-hydrogen) atoms. The highest BCUT2D eigenvalue weighted by atomic mass is 16.3. The highest BCUT2D eigenvalue weighted by Crippen LogP contribution is 2.30. The van der Waals surface area contributed by atoms with E-state index in [1.54, 1.807) is 6.26 Å². The van der Waals surface area contributed by atoms with E-state index in [-0.39, 0.29) is 5.92 Å². The van der Waals surface area contributed by atoms with Gasteiger partial charge in [0.1, 0.15) is 0 Å². The predicted molar refractivity (Wildman–Crippen MR) is 121 cm³/mol. The molecule has 0 unspecified atom stereocenters. The second-order valence-electron chi connectivity index (χ2n) is 8.74. The van der Waals surface area contributed by atoms with Gasteiger partial charge in [0.25, 0.3) is 0 Å². The van der Waals surface area contributed by atoms with Crippen LogP contribution in [-0.4, -0.2) is 56.6 Å². The number of carbonyl (C=O) groups is 1. The maximum atomic E-state index is 13.0. The topological polar surface area (TPSA) is 79.8 Å². The van der Waals surface area contributed by atoms with E-state index in [9.17, 15) is 4.79 Å². The molecule has 1 amide bonds. The number of aromatic nitrogens is 4.